The van der Waals surface area contributed by atoms with Crippen LogP contribution in [-0.4, -0.2) is 25.6 Å². The first-order chi connectivity index (χ1) is 10.2. The zero-order valence-corrected chi connectivity index (χ0v) is 12.7. The van der Waals surface area contributed by atoms with Crippen LogP contribution in [0.4, 0.5) is 5.69 Å². The van der Waals surface area contributed by atoms with Crippen molar-refractivity contribution in [2.24, 2.45) is 0 Å². The lowest BCUT2D eigenvalue weighted by Gasteiger charge is -2.35. The van der Waals surface area contributed by atoms with Gasteiger partial charge >= 0.3 is 0 Å². The largest absolute Gasteiger partial charge is 0.497 e. The maximum absolute atomic E-state index is 6.15. The molecular formula is C18H22N2O. The highest BCUT2D eigenvalue weighted by molar-refractivity contribution is 5.51. The predicted molar refractivity (Wildman–Crippen MR) is 86.6 cm³/mol. The smallest absolute Gasteiger partial charge is 0.119 e. The van der Waals surface area contributed by atoms with Gasteiger partial charge in [-0.05, 0) is 54.8 Å². The molecule has 3 heteroatoms. The number of hydrogen-bond acceptors (Lipinski definition) is 3. The fourth-order valence-electron chi connectivity index (χ4n) is 3.14. The summed E-state index contributed by atoms with van der Waals surface area (Å²) >= 11 is 0. The zero-order chi connectivity index (χ0) is 14.8. The lowest BCUT2D eigenvalue weighted by atomic mass is 9.89. The molecule has 1 aliphatic rings. The Morgan fingerprint density at radius 1 is 1.24 bits per heavy atom. The van der Waals surface area contributed by atoms with Crippen LogP contribution in [0.2, 0.25) is 0 Å². The summed E-state index contributed by atoms with van der Waals surface area (Å²) in [7, 11) is 3.88. The molecule has 1 atom stereocenters. The third-order valence-corrected chi connectivity index (χ3v) is 4.44. The summed E-state index contributed by atoms with van der Waals surface area (Å²) in [6, 6.07) is 15.0. The van der Waals surface area contributed by atoms with E-state index in [9.17, 15) is 0 Å². The van der Waals surface area contributed by atoms with Gasteiger partial charge in [0.2, 0.25) is 0 Å². The predicted octanol–water partition coefficient (Wildman–Crippen LogP) is 3.05. The molecule has 0 unspecified atom stereocenters. The van der Waals surface area contributed by atoms with Gasteiger partial charge in [-0.3, -0.25) is 4.90 Å². The molecule has 0 spiro atoms. The normalized spacial score (nSPS) is 18.3. The number of fused-ring (bicyclic) bond motifs is 1. The number of anilines is 1. The molecule has 21 heavy (non-hydrogen) atoms. The summed E-state index contributed by atoms with van der Waals surface area (Å²) in [6.07, 6.45) is 2.04. The first kappa shape index (κ1) is 14.0. The van der Waals surface area contributed by atoms with Gasteiger partial charge in [-0.25, -0.2) is 0 Å². The van der Waals surface area contributed by atoms with Crippen LogP contribution < -0.4 is 10.5 Å². The fraction of sp³-hybridized carbons (Fsp3) is 0.333. The van der Waals surface area contributed by atoms with Crippen molar-refractivity contribution >= 4 is 5.69 Å². The molecule has 110 valence electrons. The van der Waals surface area contributed by atoms with Gasteiger partial charge in [-0.15, -0.1) is 0 Å². The highest BCUT2D eigenvalue weighted by atomic mass is 16.5. The summed E-state index contributed by atoms with van der Waals surface area (Å²) in [4.78, 5) is 2.42. The Labute approximate surface area is 126 Å². The maximum Gasteiger partial charge on any atom is 0.119 e. The second-order valence-electron chi connectivity index (χ2n) is 5.71. The second-order valence-corrected chi connectivity index (χ2v) is 5.71. The van der Waals surface area contributed by atoms with E-state index in [1.165, 1.54) is 11.1 Å². The number of nitrogens with two attached hydrogens (primary N) is 1. The lowest BCUT2D eigenvalue weighted by Crippen LogP contribution is -2.33. The van der Waals surface area contributed by atoms with Gasteiger partial charge in [0.15, 0.2) is 0 Å². The first-order valence-electron chi connectivity index (χ1n) is 7.39. The molecule has 0 fully saturated rings. The van der Waals surface area contributed by atoms with Gasteiger partial charge in [0.25, 0.3) is 0 Å². The molecule has 0 bridgehead atoms. The van der Waals surface area contributed by atoms with Crippen LogP contribution in [0.1, 0.15) is 22.7 Å². The van der Waals surface area contributed by atoms with E-state index in [4.69, 9.17) is 10.5 Å². The number of hydrogen-bond donors (Lipinski definition) is 1. The van der Waals surface area contributed by atoms with E-state index in [1.807, 2.05) is 12.1 Å². The van der Waals surface area contributed by atoms with Crippen LogP contribution in [0.3, 0.4) is 0 Å². The highest BCUT2D eigenvalue weighted by Gasteiger charge is 2.25. The summed E-state index contributed by atoms with van der Waals surface area (Å²) in [6.45, 7) is 1.09. The number of rotatable bonds is 3. The van der Waals surface area contributed by atoms with Crippen LogP contribution in [0.5, 0.6) is 5.75 Å². The van der Waals surface area contributed by atoms with E-state index in [1.54, 1.807) is 7.11 Å². The van der Waals surface area contributed by atoms with Gasteiger partial charge in [0, 0.05) is 18.3 Å². The third-order valence-electron chi connectivity index (χ3n) is 4.44. The quantitative estimate of drug-likeness (QED) is 0.879. The molecule has 3 nitrogen and oxygen atoms in total. The van der Waals surface area contributed by atoms with Gasteiger partial charge in [0.05, 0.1) is 7.11 Å². The van der Waals surface area contributed by atoms with Crippen molar-refractivity contribution < 1.29 is 4.74 Å². The van der Waals surface area contributed by atoms with E-state index in [0.717, 1.165) is 36.4 Å². The minimum Gasteiger partial charge on any atom is -0.497 e. The molecule has 2 aromatic carbocycles. The standard InChI is InChI=1S/C18H22N2O/c1-20-10-9-13-5-3-4-6-16(13)18(20)12-14-11-15(21-2)7-8-17(14)19/h3-8,11,18H,9-10,12,19H2,1-2H3/t18-/m1/s1. The van der Waals surface area contributed by atoms with E-state index in [0.29, 0.717) is 6.04 Å². The van der Waals surface area contributed by atoms with Crippen molar-refractivity contribution in [1.82, 2.24) is 4.90 Å². The molecule has 1 aliphatic heterocycles. The molecule has 3 rings (SSSR count). The zero-order valence-electron chi connectivity index (χ0n) is 12.7. The topological polar surface area (TPSA) is 38.5 Å². The van der Waals surface area contributed by atoms with Crippen molar-refractivity contribution in [1.29, 1.82) is 0 Å². The van der Waals surface area contributed by atoms with Gasteiger partial charge < -0.3 is 10.5 Å². The monoisotopic (exact) mass is 282 g/mol. The molecule has 0 amide bonds. The molecule has 0 radical (unpaired) electrons. The fourth-order valence-corrected chi connectivity index (χ4v) is 3.14. The Morgan fingerprint density at radius 2 is 2.05 bits per heavy atom. The minimum absolute atomic E-state index is 0.379. The van der Waals surface area contributed by atoms with Gasteiger partial charge in [-0.1, -0.05) is 24.3 Å². The summed E-state index contributed by atoms with van der Waals surface area (Å²) < 4.78 is 5.33. The second kappa shape index (κ2) is 5.78. The van der Waals surface area contributed by atoms with Crippen LogP contribution in [0.15, 0.2) is 42.5 Å². The Bertz CT molecular complexity index is 639. The number of ether oxygens (including phenoxy) is 1. The molecule has 2 N–H and O–H groups in total. The summed E-state index contributed by atoms with van der Waals surface area (Å²) in [5, 5.41) is 0. The van der Waals surface area contributed by atoms with Crippen molar-refractivity contribution in [3.63, 3.8) is 0 Å². The van der Waals surface area contributed by atoms with Crippen LogP contribution in [0, 0.1) is 0 Å². The summed E-state index contributed by atoms with van der Waals surface area (Å²) in [5.41, 5.74) is 11.0. The molecule has 0 aliphatic carbocycles. The van der Waals surface area contributed by atoms with Crippen LogP contribution in [0.25, 0.3) is 0 Å². The number of benzene rings is 2. The van der Waals surface area contributed by atoms with E-state index >= 15 is 0 Å². The molecule has 0 aromatic heterocycles. The summed E-state index contributed by atoms with van der Waals surface area (Å²) in [5.74, 6) is 0.867. The number of nitrogens with zero attached hydrogens (tertiary/aromatic N) is 1. The molecule has 0 saturated carbocycles. The van der Waals surface area contributed by atoms with Gasteiger partial charge in [0.1, 0.15) is 5.75 Å². The number of likely N-dealkylation sites (N-methyl/N-ethyl adjacent to an activating group) is 1. The average molecular weight is 282 g/mol. The maximum atomic E-state index is 6.15. The SMILES string of the molecule is COc1ccc(N)c(C[C@@H]2c3ccccc3CCN2C)c1. The van der Waals surface area contributed by atoms with Crippen molar-refractivity contribution in [2.75, 3.05) is 26.4 Å². The van der Waals surface area contributed by atoms with Gasteiger partial charge in [-0.2, -0.15) is 0 Å². The van der Waals surface area contributed by atoms with E-state index in [-0.39, 0.29) is 0 Å². The Balaban J connectivity index is 1.94. The third kappa shape index (κ3) is 2.74. The van der Waals surface area contributed by atoms with E-state index in [2.05, 4.69) is 42.3 Å². The molecule has 1 heterocycles. The Hall–Kier alpha value is -2.00. The molecule has 0 saturated heterocycles. The first-order valence-corrected chi connectivity index (χ1v) is 7.39. The highest BCUT2D eigenvalue weighted by Crippen LogP contribution is 2.33. The average Bonchev–Trinajstić information content (AvgIpc) is 2.52. The lowest BCUT2D eigenvalue weighted by molar-refractivity contribution is 0.229. The number of methoxy groups -OCH3 is 1. The minimum atomic E-state index is 0.379. The van der Waals surface area contributed by atoms with E-state index < -0.39 is 0 Å². The molecular weight excluding hydrogens is 260 g/mol. The van der Waals surface area contributed by atoms with Crippen molar-refractivity contribution in [3.8, 4) is 5.75 Å². The van der Waals surface area contributed by atoms with Crippen molar-refractivity contribution in [2.45, 2.75) is 18.9 Å². The number of nitrogen functional groups attached to an aromatic ring is 1. The Morgan fingerprint density at radius 3 is 2.86 bits per heavy atom. The molecule has 2 aromatic rings. The van der Waals surface area contributed by atoms with Crippen molar-refractivity contribution in [3.05, 3.63) is 59.2 Å². The van der Waals surface area contributed by atoms with Crippen LogP contribution in [-0.2, 0) is 12.8 Å². The Kier molecular flexibility index (Phi) is 3.84. The van der Waals surface area contributed by atoms with Crippen LogP contribution >= 0.6 is 0 Å².